The molecule has 1 aromatic heterocycles. The Morgan fingerprint density at radius 1 is 1.31 bits per heavy atom. The van der Waals surface area contributed by atoms with Gasteiger partial charge in [0, 0.05) is 6.92 Å². The number of alkyl halides is 3. The Labute approximate surface area is 87.5 Å². The minimum absolute atomic E-state index is 0.0601. The first-order valence-corrected chi connectivity index (χ1v) is 4.19. The molecule has 0 aliphatic carbocycles. The molecule has 4 radical (unpaired) electrons. The van der Waals surface area contributed by atoms with Gasteiger partial charge >= 0.3 is 6.18 Å². The molecule has 1 aromatic rings. The molecular weight excluding hydrogens is 294 g/mol. The van der Waals surface area contributed by atoms with Gasteiger partial charge in [-0.05, 0) is 46.7 Å². The molecule has 0 bridgehead atoms. The highest BCUT2D eigenvalue weighted by molar-refractivity contribution is 14.1. The van der Waals surface area contributed by atoms with Crippen LogP contribution in [0.25, 0.3) is 0 Å². The number of pyridine rings is 1. The van der Waals surface area contributed by atoms with Gasteiger partial charge in [-0.3, -0.25) is 0 Å². The van der Waals surface area contributed by atoms with Gasteiger partial charge in [0.2, 0.25) is 0 Å². The molecule has 0 saturated carbocycles. The minimum Gasteiger partial charge on any atom is -0.237 e. The lowest BCUT2D eigenvalue weighted by atomic mass is 10.1. The van der Waals surface area contributed by atoms with E-state index in [1.165, 1.54) is 0 Å². The molecule has 5 heteroatoms. The van der Waals surface area contributed by atoms with Crippen LogP contribution in [0, 0.1) is 17.5 Å². The molecule has 0 aliphatic rings. The lowest BCUT2D eigenvalue weighted by Crippen LogP contribution is -2.10. The van der Waals surface area contributed by atoms with Crippen LogP contribution in [0.1, 0.15) is 16.8 Å². The van der Waals surface area contributed by atoms with Gasteiger partial charge in [-0.25, -0.2) is 4.98 Å². The molecule has 1 heterocycles. The zero-order valence-electron chi connectivity index (χ0n) is 6.19. The molecule has 0 amide bonds. The molecule has 0 aromatic carbocycles. The van der Waals surface area contributed by atoms with Crippen LogP contribution in [0.15, 0.2) is 6.07 Å². The fourth-order valence-corrected chi connectivity index (χ4v) is 1.26. The summed E-state index contributed by atoms with van der Waals surface area (Å²) in [6.07, 6.45) is -4.48. The highest BCUT2D eigenvalue weighted by Crippen LogP contribution is 2.29. The summed E-state index contributed by atoms with van der Waals surface area (Å²) in [5, 5.41) is 0. The number of nitrogens with zero attached hydrogens (tertiary/aromatic N) is 1. The fourth-order valence-electron chi connectivity index (χ4n) is 0.688. The Bertz CT molecular complexity index is 310. The summed E-state index contributed by atoms with van der Waals surface area (Å²) >= 11 is 1.60. The first-order valence-electron chi connectivity index (χ1n) is 3.11. The molecule has 1 nitrogen and oxygen atoms in total. The van der Waals surface area contributed by atoms with E-state index < -0.39 is 11.9 Å². The second-order valence-corrected chi connectivity index (χ2v) is 3.32. The number of halogens is 4. The van der Waals surface area contributed by atoms with Crippen molar-refractivity contribution in [3.8, 4) is 0 Å². The van der Waals surface area contributed by atoms with Gasteiger partial charge in [-0.1, -0.05) is 0 Å². The molecule has 0 aliphatic heterocycles. The van der Waals surface area contributed by atoms with Crippen LogP contribution in [0.2, 0.25) is 0 Å². The van der Waals surface area contributed by atoms with Crippen LogP contribution in [0.4, 0.5) is 13.2 Å². The van der Waals surface area contributed by atoms with Gasteiger partial charge in [-0.15, -0.1) is 0 Å². The standard InChI is InChI=1S/C8H3F3IN/c1-4-3-6(8(9,10)11)13-7(12)5(4)2/h1-3H. The average molecular weight is 297 g/mol. The van der Waals surface area contributed by atoms with Crippen molar-refractivity contribution in [1.82, 2.24) is 4.98 Å². The predicted molar refractivity (Wildman–Crippen MR) is 48.8 cm³/mol. The van der Waals surface area contributed by atoms with Crippen molar-refractivity contribution in [2.75, 3.05) is 0 Å². The highest BCUT2D eigenvalue weighted by atomic mass is 127. The highest BCUT2D eigenvalue weighted by Gasteiger charge is 2.33. The third-order valence-electron chi connectivity index (χ3n) is 1.33. The SMILES string of the molecule is [CH]c1cc(C(F)(F)F)nc(I)c1[CH]. The van der Waals surface area contributed by atoms with E-state index in [1.807, 2.05) is 0 Å². The van der Waals surface area contributed by atoms with Crippen molar-refractivity contribution >= 4 is 22.6 Å². The van der Waals surface area contributed by atoms with E-state index >= 15 is 0 Å². The van der Waals surface area contributed by atoms with E-state index in [0.29, 0.717) is 0 Å². The zero-order chi connectivity index (χ0) is 10.2. The van der Waals surface area contributed by atoms with Crippen molar-refractivity contribution in [3.63, 3.8) is 0 Å². The van der Waals surface area contributed by atoms with E-state index in [9.17, 15) is 13.2 Å². The fraction of sp³-hybridized carbons (Fsp3) is 0.125. The van der Waals surface area contributed by atoms with Gasteiger partial charge in [0.05, 0.1) is 0 Å². The summed E-state index contributed by atoms with van der Waals surface area (Å²) < 4.78 is 36.4. The lowest BCUT2D eigenvalue weighted by molar-refractivity contribution is -0.141. The molecule has 0 fully saturated rings. The van der Waals surface area contributed by atoms with Gasteiger partial charge in [0.25, 0.3) is 0 Å². The van der Waals surface area contributed by atoms with Crippen LogP contribution in [-0.2, 0) is 6.18 Å². The van der Waals surface area contributed by atoms with Crippen LogP contribution in [-0.4, -0.2) is 4.98 Å². The molecule has 0 N–H and O–H groups in total. The Kier molecular flexibility index (Phi) is 2.84. The first-order chi connectivity index (χ1) is 5.82. The van der Waals surface area contributed by atoms with Crippen molar-refractivity contribution in [1.29, 1.82) is 0 Å². The van der Waals surface area contributed by atoms with Crippen molar-refractivity contribution in [3.05, 3.63) is 40.4 Å². The number of aromatic nitrogens is 1. The summed E-state index contributed by atoms with van der Waals surface area (Å²) in [5.41, 5.74) is -1.05. The normalized spacial score (nSPS) is 11.8. The topological polar surface area (TPSA) is 12.9 Å². The quantitative estimate of drug-likeness (QED) is 0.530. The van der Waals surface area contributed by atoms with Crippen molar-refractivity contribution < 1.29 is 13.2 Å². The maximum absolute atomic E-state index is 12.1. The van der Waals surface area contributed by atoms with Gasteiger partial charge in [0.1, 0.15) is 9.39 Å². The monoisotopic (exact) mass is 297 g/mol. The zero-order valence-corrected chi connectivity index (χ0v) is 8.35. The Morgan fingerprint density at radius 3 is 2.23 bits per heavy atom. The minimum atomic E-state index is -4.48. The van der Waals surface area contributed by atoms with Crippen LogP contribution in [0.5, 0.6) is 0 Å². The first kappa shape index (κ1) is 10.7. The van der Waals surface area contributed by atoms with E-state index in [0.717, 1.165) is 6.07 Å². The summed E-state index contributed by atoms with van der Waals surface area (Å²) in [5.74, 6) is 0. The summed E-state index contributed by atoms with van der Waals surface area (Å²) in [6, 6.07) is 0.720. The van der Waals surface area contributed by atoms with Gasteiger partial charge in [0.15, 0.2) is 0 Å². The lowest BCUT2D eigenvalue weighted by Gasteiger charge is -2.09. The van der Waals surface area contributed by atoms with Crippen molar-refractivity contribution in [2.24, 2.45) is 0 Å². The van der Waals surface area contributed by atoms with Gasteiger partial charge in [-0.2, -0.15) is 13.2 Å². The third-order valence-corrected chi connectivity index (χ3v) is 2.16. The summed E-state index contributed by atoms with van der Waals surface area (Å²) in [6.45, 7) is 10.6. The molecular formula is C8H3F3IN. The number of rotatable bonds is 0. The number of hydrogen-bond acceptors (Lipinski definition) is 1. The van der Waals surface area contributed by atoms with E-state index in [2.05, 4.69) is 4.98 Å². The van der Waals surface area contributed by atoms with Crippen LogP contribution >= 0.6 is 22.6 Å². The molecule has 0 saturated heterocycles. The van der Waals surface area contributed by atoms with E-state index in [-0.39, 0.29) is 14.8 Å². The maximum Gasteiger partial charge on any atom is 0.433 e. The Morgan fingerprint density at radius 2 is 1.85 bits per heavy atom. The van der Waals surface area contributed by atoms with Crippen molar-refractivity contribution in [2.45, 2.75) is 6.18 Å². The molecule has 0 unspecified atom stereocenters. The smallest absolute Gasteiger partial charge is 0.237 e. The van der Waals surface area contributed by atoms with Crippen LogP contribution < -0.4 is 0 Å². The van der Waals surface area contributed by atoms with E-state index in [4.69, 9.17) is 13.8 Å². The summed E-state index contributed by atoms with van der Waals surface area (Å²) in [7, 11) is 0. The largest absolute Gasteiger partial charge is 0.433 e. The van der Waals surface area contributed by atoms with Gasteiger partial charge < -0.3 is 0 Å². The predicted octanol–water partition coefficient (Wildman–Crippen LogP) is 2.82. The average Bonchev–Trinajstić information content (AvgIpc) is 1.97. The maximum atomic E-state index is 12.1. The third kappa shape index (κ3) is 2.32. The van der Waals surface area contributed by atoms with Crippen LogP contribution in [0.3, 0.4) is 0 Å². The molecule has 0 spiro atoms. The Balaban J connectivity index is 3.29. The Hall–Kier alpha value is -0.330. The second kappa shape index (κ2) is 3.43. The second-order valence-electron chi connectivity index (χ2n) is 2.30. The molecule has 13 heavy (non-hydrogen) atoms. The molecule has 0 atom stereocenters. The van der Waals surface area contributed by atoms with E-state index in [1.54, 1.807) is 22.6 Å². The number of hydrogen-bond donors (Lipinski definition) is 0. The molecule has 1 rings (SSSR count). The molecule has 68 valence electrons. The summed E-state index contributed by atoms with van der Waals surface area (Å²) in [4.78, 5) is 3.26.